The molecule has 0 aliphatic carbocycles. The average Bonchev–Trinajstić information content (AvgIpc) is 3.02. The highest BCUT2D eigenvalue weighted by Crippen LogP contribution is 2.38. The van der Waals surface area contributed by atoms with Gasteiger partial charge in [0.2, 0.25) is 0 Å². The summed E-state index contributed by atoms with van der Waals surface area (Å²) in [5.74, 6) is -0.672. The van der Waals surface area contributed by atoms with E-state index in [4.69, 9.17) is 4.74 Å². The molecule has 0 saturated heterocycles. The number of benzene rings is 2. The molecule has 3 rings (SSSR count). The van der Waals surface area contributed by atoms with Crippen molar-refractivity contribution in [2.24, 2.45) is 0 Å². The second-order valence-electron chi connectivity index (χ2n) is 5.05. The first-order chi connectivity index (χ1) is 11.1. The number of phenols is 2. The molecule has 1 atom stereocenters. The number of carbonyl (C=O) groups excluding carboxylic acids is 1. The smallest absolute Gasteiger partial charge is 0.306 e. The lowest BCUT2D eigenvalue weighted by Crippen LogP contribution is -2.11. The quantitative estimate of drug-likeness (QED) is 0.715. The van der Waals surface area contributed by atoms with Crippen LogP contribution in [0.5, 0.6) is 11.5 Å². The van der Waals surface area contributed by atoms with Crippen molar-refractivity contribution in [1.82, 2.24) is 8.75 Å². The third-order valence-electron chi connectivity index (χ3n) is 3.69. The zero-order chi connectivity index (χ0) is 16.4. The maximum atomic E-state index is 11.8. The highest BCUT2D eigenvalue weighted by molar-refractivity contribution is 7.00. The fourth-order valence-electron chi connectivity index (χ4n) is 2.55. The lowest BCUT2D eigenvalue weighted by molar-refractivity contribution is -0.140. The summed E-state index contributed by atoms with van der Waals surface area (Å²) in [5.41, 5.74) is 2.53. The van der Waals surface area contributed by atoms with Gasteiger partial charge in [0.25, 0.3) is 0 Å². The van der Waals surface area contributed by atoms with E-state index in [0.29, 0.717) is 16.6 Å². The Kier molecular flexibility index (Phi) is 4.12. The lowest BCUT2D eigenvalue weighted by atomic mass is 9.87. The maximum absolute atomic E-state index is 11.8. The number of rotatable bonds is 4. The molecular formula is C16H14N2O4S. The number of aromatic hydroxyl groups is 2. The summed E-state index contributed by atoms with van der Waals surface area (Å²) in [4.78, 5) is 11.8. The summed E-state index contributed by atoms with van der Waals surface area (Å²) >= 11 is 1.05. The predicted octanol–water partition coefficient (Wildman–Crippen LogP) is 2.80. The Morgan fingerprint density at radius 2 is 1.91 bits per heavy atom. The Balaban J connectivity index is 2.17. The fraction of sp³-hybridized carbons (Fsp3) is 0.188. The van der Waals surface area contributed by atoms with Crippen LogP contribution in [0, 0.1) is 0 Å². The molecule has 0 radical (unpaired) electrons. The Labute approximate surface area is 136 Å². The molecule has 1 aromatic heterocycles. The molecular weight excluding hydrogens is 316 g/mol. The normalized spacial score (nSPS) is 12.2. The van der Waals surface area contributed by atoms with Crippen molar-refractivity contribution in [2.45, 2.75) is 12.3 Å². The van der Waals surface area contributed by atoms with Gasteiger partial charge in [0.05, 0.1) is 25.3 Å². The van der Waals surface area contributed by atoms with Crippen molar-refractivity contribution in [1.29, 1.82) is 0 Å². The molecule has 1 heterocycles. The van der Waals surface area contributed by atoms with E-state index < -0.39 is 11.9 Å². The van der Waals surface area contributed by atoms with Crippen LogP contribution in [0.1, 0.15) is 23.5 Å². The van der Waals surface area contributed by atoms with E-state index in [1.807, 2.05) is 0 Å². The Morgan fingerprint density at radius 1 is 1.17 bits per heavy atom. The summed E-state index contributed by atoms with van der Waals surface area (Å²) in [7, 11) is 1.32. The van der Waals surface area contributed by atoms with E-state index in [-0.39, 0.29) is 17.9 Å². The predicted molar refractivity (Wildman–Crippen MR) is 85.7 cm³/mol. The van der Waals surface area contributed by atoms with Gasteiger partial charge in [-0.1, -0.05) is 12.1 Å². The number of aromatic nitrogens is 2. The summed E-state index contributed by atoms with van der Waals surface area (Å²) in [5, 5.41) is 19.8. The lowest BCUT2D eigenvalue weighted by Gasteiger charge is -2.18. The van der Waals surface area contributed by atoms with Gasteiger partial charge in [-0.25, -0.2) is 0 Å². The standard InChI is InChI=1S/C16H14N2O4S/c1-22-14(21)8-11(9-2-4-10(19)5-3-9)15-13(20)7-6-12-16(15)18-23-17-12/h2-7,11,19-20H,8H2,1H3. The van der Waals surface area contributed by atoms with Crippen LogP contribution in [-0.4, -0.2) is 32.0 Å². The summed E-state index contributed by atoms with van der Waals surface area (Å²) < 4.78 is 13.2. The molecule has 2 N–H and O–H groups in total. The van der Waals surface area contributed by atoms with Crippen molar-refractivity contribution in [3.63, 3.8) is 0 Å². The van der Waals surface area contributed by atoms with Gasteiger partial charge in [-0.2, -0.15) is 8.75 Å². The van der Waals surface area contributed by atoms with Crippen LogP contribution in [0.3, 0.4) is 0 Å². The van der Waals surface area contributed by atoms with E-state index in [9.17, 15) is 15.0 Å². The van der Waals surface area contributed by atoms with Crippen LogP contribution in [0.25, 0.3) is 11.0 Å². The largest absolute Gasteiger partial charge is 0.508 e. The minimum Gasteiger partial charge on any atom is -0.508 e. The van der Waals surface area contributed by atoms with Crippen molar-refractivity contribution in [2.75, 3.05) is 7.11 Å². The van der Waals surface area contributed by atoms with E-state index in [0.717, 1.165) is 17.3 Å². The monoisotopic (exact) mass is 330 g/mol. The van der Waals surface area contributed by atoms with Crippen LogP contribution < -0.4 is 0 Å². The first kappa shape index (κ1) is 15.2. The number of methoxy groups -OCH3 is 1. The van der Waals surface area contributed by atoms with Crippen LogP contribution in [0.15, 0.2) is 36.4 Å². The number of esters is 1. The molecule has 0 amide bonds. The number of fused-ring (bicyclic) bond motifs is 1. The average molecular weight is 330 g/mol. The third-order valence-corrected chi connectivity index (χ3v) is 4.23. The molecule has 0 saturated carbocycles. The maximum Gasteiger partial charge on any atom is 0.306 e. The van der Waals surface area contributed by atoms with Crippen molar-refractivity contribution in [3.05, 3.63) is 47.5 Å². The van der Waals surface area contributed by atoms with Gasteiger partial charge in [-0.15, -0.1) is 0 Å². The van der Waals surface area contributed by atoms with Crippen LogP contribution in [0.4, 0.5) is 0 Å². The Bertz CT molecular complexity index is 845. The summed E-state index contributed by atoms with van der Waals surface area (Å²) in [6.45, 7) is 0. The second kappa shape index (κ2) is 6.21. The van der Waals surface area contributed by atoms with Gasteiger partial charge in [0.15, 0.2) is 0 Å². The molecule has 23 heavy (non-hydrogen) atoms. The van der Waals surface area contributed by atoms with Gasteiger partial charge in [0, 0.05) is 11.5 Å². The van der Waals surface area contributed by atoms with Gasteiger partial charge in [-0.3, -0.25) is 4.79 Å². The molecule has 1 unspecified atom stereocenters. The minimum absolute atomic E-state index is 0.0471. The van der Waals surface area contributed by atoms with Gasteiger partial charge in [-0.05, 0) is 29.8 Å². The highest BCUT2D eigenvalue weighted by Gasteiger charge is 2.25. The molecule has 0 aliphatic rings. The second-order valence-corrected chi connectivity index (χ2v) is 5.58. The molecule has 0 aliphatic heterocycles. The Hall–Kier alpha value is -2.67. The molecule has 7 heteroatoms. The number of phenolic OH excluding ortho intramolecular Hbond substituents is 2. The number of ether oxygens (including phenoxy) is 1. The van der Waals surface area contributed by atoms with Gasteiger partial charge in [0.1, 0.15) is 22.5 Å². The van der Waals surface area contributed by atoms with E-state index in [1.54, 1.807) is 24.3 Å². The molecule has 0 bridgehead atoms. The van der Waals surface area contributed by atoms with Crippen molar-refractivity contribution < 1.29 is 19.7 Å². The molecule has 6 nitrogen and oxygen atoms in total. The third kappa shape index (κ3) is 2.95. The van der Waals surface area contributed by atoms with Crippen LogP contribution in [0.2, 0.25) is 0 Å². The van der Waals surface area contributed by atoms with Gasteiger partial charge < -0.3 is 14.9 Å². The van der Waals surface area contributed by atoms with Crippen LogP contribution >= 0.6 is 11.7 Å². The molecule has 0 fully saturated rings. The SMILES string of the molecule is COC(=O)CC(c1ccc(O)cc1)c1c(O)ccc2nsnc12. The van der Waals surface area contributed by atoms with E-state index >= 15 is 0 Å². The minimum atomic E-state index is -0.448. The van der Waals surface area contributed by atoms with Crippen LogP contribution in [-0.2, 0) is 9.53 Å². The van der Waals surface area contributed by atoms with E-state index in [2.05, 4.69) is 8.75 Å². The first-order valence-electron chi connectivity index (χ1n) is 6.90. The zero-order valence-electron chi connectivity index (χ0n) is 12.3. The number of hydrogen-bond acceptors (Lipinski definition) is 7. The van der Waals surface area contributed by atoms with Gasteiger partial charge >= 0.3 is 5.97 Å². The number of carbonyl (C=O) groups is 1. The molecule has 118 valence electrons. The Morgan fingerprint density at radius 3 is 2.61 bits per heavy atom. The number of hydrogen-bond donors (Lipinski definition) is 2. The first-order valence-corrected chi connectivity index (χ1v) is 7.63. The molecule has 2 aromatic carbocycles. The van der Waals surface area contributed by atoms with E-state index in [1.165, 1.54) is 19.2 Å². The topological polar surface area (TPSA) is 92.5 Å². The summed E-state index contributed by atoms with van der Waals surface area (Å²) in [6.07, 6.45) is 0.0471. The number of nitrogens with zero attached hydrogens (tertiary/aromatic N) is 2. The fourth-order valence-corrected chi connectivity index (χ4v) is 3.10. The highest BCUT2D eigenvalue weighted by atomic mass is 32.1. The van der Waals surface area contributed by atoms with Crippen molar-refractivity contribution in [3.8, 4) is 11.5 Å². The van der Waals surface area contributed by atoms with Crippen molar-refractivity contribution >= 4 is 28.7 Å². The summed E-state index contributed by atoms with van der Waals surface area (Å²) in [6, 6.07) is 9.72. The molecule has 3 aromatic rings. The zero-order valence-corrected chi connectivity index (χ0v) is 13.1. The molecule has 0 spiro atoms.